The zero-order valence-electron chi connectivity index (χ0n) is 30.4. The molecule has 2 aromatic rings. The molecule has 10 nitrogen and oxygen atoms in total. The first-order valence-electron chi connectivity index (χ1n) is 17.8. The van der Waals surface area contributed by atoms with Crippen molar-refractivity contribution in [1.82, 2.24) is 9.80 Å². The fraction of sp³-hybridized carbons (Fsp3) is 0.500. The topological polar surface area (TPSA) is 117 Å². The minimum absolute atomic E-state index is 0.0937. The van der Waals surface area contributed by atoms with Crippen LogP contribution in [0.15, 0.2) is 73.8 Å². The number of aliphatic hydroxyl groups is 1. The lowest BCUT2D eigenvalue weighted by Gasteiger charge is -2.40. The van der Waals surface area contributed by atoms with E-state index in [1.807, 2.05) is 64.1 Å². The fourth-order valence-corrected chi connectivity index (χ4v) is 9.52. The van der Waals surface area contributed by atoms with E-state index in [4.69, 9.17) is 21.1 Å². The highest BCUT2D eigenvalue weighted by Gasteiger charge is 2.78. The minimum Gasteiger partial charge on any atom is -0.455 e. The summed E-state index contributed by atoms with van der Waals surface area (Å²) in [5.74, 6) is -4.08. The third-order valence-corrected chi connectivity index (χ3v) is 12.1. The van der Waals surface area contributed by atoms with Crippen molar-refractivity contribution in [1.29, 1.82) is 0 Å². The number of carbonyl (C=O) groups excluding carboxylic acids is 4. The zero-order valence-corrected chi connectivity index (χ0v) is 32.8. The molecule has 1 spiro atoms. The van der Waals surface area contributed by atoms with Crippen LogP contribution in [0, 0.1) is 24.7 Å². The third kappa shape index (κ3) is 6.97. The first kappa shape index (κ1) is 39.7. The lowest BCUT2D eigenvalue weighted by atomic mass is 9.70. The zero-order chi connectivity index (χ0) is 38.1. The van der Waals surface area contributed by atoms with E-state index in [0.29, 0.717) is 22.7 Å². The summed E-state index contributed by atoms with van der Waals surface area (Å²) in [6.07, 6.45) is 2.65. The number of rotatable bonds is 15. The molecule has 3 aliphatic rings. The number of hydrogen-bond acceptors (Lipinski definition) is 7. The van der Waals surface area contributed by atoms with Gasteiger partial charge in [-0.1, -0.05) is 96.0 Å². The number of aliphatic hydroxyl groups excluding tert-OH is 1. The standard InChI is InChI=1S/C40H49BrClN3O7/c1-8-10-19-30(47)43(7)25(6)34(26-16-12-11-13-17-26)51-39(50)31-32-37(48)45(29(22-46)23(3)4)36(40(32)21-27(41)35(31)52-40)38(49)44(20-9-2)33-24(5)15-14-18-28(33)42/h8-9,11-18,23,25,27,29,31-32,34-36,46H,1-2,10,19-22H2,3-7H3/t25-,27?,29+,31+,32-,34+,35+,36+,40-/m1/s1. The Morgan fingerprint density at radius 2 is 1.83 bits per heavy atom. The van der Waals surface area contributed by atoms with Crippen molar-refractivity contribution in [3.63, 3.8) is 0 Å². The highest BCUT2D eigenvalue weighted by atomic mass is 79.9. The van der Waals surface area contributed by atoms with Crippen molar-refractivity contribution in [3.05, 3.63) is 90.0 Å². The number of fused-ring (bicyclic) bond motifs is 1. The highest BCUT2D eigenvalue weighted by molar-refractivity contribution is 9.09. The predicted molar refractivity (Wildman–Crippen MR) is 204 cm³/mol. The van der Waals surface area contributed by atoms with Gasteiger partial charge in [0.05, 0.1) is 47.3 Å². The number of halogens is 2. The molecule has 0 saturated carbocycles. The second-order valence-electron chi connectivity index (χ2n) is 14.4. The van der Waals surface area contributed by atoms with E-state index in [-0.39, 0.29) is 36.0 Å². The normalized spacial score (nSPS) is 26.4. The molecule has 2 bridgehead atoms. The molecule has 1 N–H and O–H groups in total. The second kappa shape index (κ2) is 16.2. The molecule has 0 aliphatic carbocycles. The fourth-order valence-electron chi connectivity index (χ4n) is 8.25. The SMILES string of the molecule is C=CCCC(=O)N(C)[C@H](C)[C@H](OC(=O)[C@@H]1[C@H]2O[C@@]3(CC2Br)[C@H](C(=O)N(CC=C)c2c(C)cccc2Cl)N([C@@H](CO)C(C)C)C(=O)[C@@H]13)c1ccccc1. The van der Waals surface area contributed by atoms with Gasteiger partial charge in [0.25, 0.3) is 5.91 Å². The number of benzene rings is 2. The summed E-state index contributed by atoms with van der Waals surface area (Å²) < 4.78 is 13.1. The second-order valence-corrected chi connectivity index (χ2v) is 16.0. The van der Waals surface area contributed by atoms with E-state index in [1.54, 1.807) is 36.2 Å². The van der Waals surface area contributed by atoms with Gasteiger partial charge < -0.3 is 29.3 Å². The van der Waals surface area contributed by atoms with Gasteiger partial charge in [-0.05, 0) is 49.8 Å². The molecule has 3 saturated heterocycles. The van der Waals surface area contributed by atoms with Gasteiger partial charge >= 0.3 is 5.97 Å². The molecule has 9 atom stereocenters. The summed E-state index contributed by atoms with van der Waals surface area (Å²) in [5.41, 5.74) is 0.500. The van der Waals surface area contributed by atoms with Gasteiger partial charge in [-0.3, -0.25) is 19.2 Å². The van der Waals surface area contributed by atoms with Crippen molar-refractivity contribution < 1.29 is 33.8 Å². The first-order chi connectivity index (χ1) is 24.7. The van der Waals surface area contributed by atoms with Gasteiger partial charge in [-0.25, -0.2) is 0 Å². The molecule has 12 heteroatoms. The van der Waals surface area contributed by atoms with Gasteiger partial charge in [-0.15, -0.1) is 13.2 Å². The van der Waals surface area contributed by atoms with Crippen LogP contribution >= 0.6 is 27.5 Å². The average molecular weight is 799 g/mol. The van der Waals surface area contributed by atoms with Crippen molar-refractivity contribution in [3.8, 4) is 0 Å². The minimum atomic E-state index is -1.42. The van der Waals surface area contributed by atoms with Crippen LogP contribution in [0.3, 0.4) is 0 Å². The maximum Gasteiger partial charge on any atom is 0.313 e. The molecule has 0 radical (unpaired) electrons. The quantitative estimate of drug-likeness (QED) is 0.133. The Hall–Kier alpha value is -3.51. The Kier molecular flexibility index (Phi) is 12.4. The smallest absolute Gasteiger partial charge is 0.313 e. The van der Waals surface area contributed by atoms with Gasteiger partial charge in [0.2, 0.25) is 11.8 Å². The maximum absolute atomic E-state index is 15.1. The lowest BCUT2D eigenvalue weighted by Crippen LogP contribution is -2.60. The Balaban J connectivity index is 1.58. The number of aryl methyl sites for hydroxylation is 1. The third-order valence-electron chi connectivity index (χ3n) is 11.0. The number of carbonyl (C=O) groups is 4. The number of esters is 1. The maximum atomic E-state index is 15.1. The van der Waals surface area contributed by atoms with Crippen LogP contribution in [-0.2, 0) is 28.7 Å². The molecule has 3 amide bonds. The number of nitrogens with zero attached hydrogens (tertiary/aromatic N) is 3. The summed E-state index contributed by atoms with van der Waals surface area (Å²) in [6, 6.07) is 12.0. The Morgan fingerprint density at radius 3 is 2.42 bits per heavy atom. The molecule has 3 fully saturated rings. The van der Waals surface area contributed by atoms with Crippen LogP contribution in [0.4, 0.5) is 5.69 Å². The number of likely N-dealkylation sites (N-methyl/N-ethyl adjacent to an activating group) is 1. The van der Waals surface area contributed by atoms with Crippen molar-refractivity contribution in [2.45, 2.75) is 87.7 Å². The van der Waals surface area contributed by atoms with Crippen LogP contribution in [0.25, 0.3) is 0 Å². The highest BCUT2D eigenvalue weighted by Crippen LogP contribution is 2.61. The first-order valence-corrected chi connectivity index (χ1v) is 19.1. The summed E-state index contributed by atoms with van der Waals surface area (Å²) in [6.45, 7) is 14.7. The molecular formula is C40H49BrClN3O7. The molecule has 280 valence electrons. The molecule has 5 rings (SSSR count). The van der Waals surface area contributed by atoms with E-state index in [2.05, 4.69) is 29.1 Å². The Morgan fingerprint density at radius 1 is 1.13 bits per heavy atom. The predicted octanol–water partition coefficient (Wildman–Crippen LogP) is 6.03. The average Bonchev–Trinajstić information content (AvgIpc) is 3.71. The molecule has 52 heavy (non-hydrogen) atoms. The van der Waals surface area contributed by atoms with Crippen LogP contribution in [0.5, 0.6) is 0 Å². The molecule has 1 unspecified atom stereocenters. The summed E-state index contributed by atoms with van der Waals surface area (Å²) in [5, 5.41) is 11.1. The van der Waals surface area contributed by atoms with Crippen LogP contribution in [0.1, 0.15) is 57.3 Å². The monoisotopic (exact) mass is 797 g/mol. The summed E-state index contributed by atoms with van der Waals surface area (Å²) >= 11 is 10.4. The van der Waals surface area contributed by atoms with E-state index < -0.39 is 72.2 Å². The lowest BCUT2D eigenvalue weighted by molar-refractivity contribution is -0.165. The van der Waals surface area contributed by atoms with Gasteiger partial charge in [-0.2, -0.15) is 0 Å². The van der Waals surface area contributed by atoms with E-state index >= 15 is 4.79 Å². The molecule has 2 aromatic carbocycles. The van der Waals surface area contributed by atoms with Gasteiger partial charge in [0.1, 0.15) is 17.7 Å². The van der Waals surface area contributed by atoms with Crippen LogP contribution in [0.2, 0.25) is 5.02 Å². The molecular weight excluding hydrogens is 750 g/mol. The molecule has 0 aromatic heterocycles. The van der Waals surface area contributed by atoms with Crippen LogP contribution < -0.4 is 4.90 Å². The molecule has 3 aliphatic heterocycles. The van der Waals surface area contributed by atoms with Crippen LogP contribution in [-0.4, -0.2) is 93.5 Å². The van der Waals surface area contributed by atoms with Crippen molar-refractivity contribution >= 4 is 56.9 Å². The van der Waals surface area contributed by atoms with Crippen molar-refractivity contribution in [2.24, 2.45) is 17.8 Å². The van der Waals surface area contributed by atoms with Gasteiger partial charge in [0, 0.05) is 24.8 Å². The number of ether oxygens (including phenoxy) is 2. The number of hydrogen-bond donors (Lipinski definition) is 1. The van der Waals surface area contributed by atoms with E-state index in [0.717, 1.165) is 5.56 Å². The largest absolute Gasteiger partial charge is 0.455 e. The number of para-hydroxylation sites is 1. The molecule has 3 heterocycles. The van der Waals surface area contributed by atoms with E-state index in [9.17, 15) is 19.5 Å². The number of alkyl halides is 1. The van der Waals surface area contributed by atoms with Crippen molar-refractivity contribution in [2.75, 3.05) is 25.1 Å². The summed E-state index contributed by atoms with van der Waals surface area (Å²) in [7, 11) is 1.68. The Labute approximate surface area is 319 Å². The number of allylic oxidation sites excluding steroid dienone is 1. The van der Waals surface area contributed by atoms with Gasteiger partial charge in [0.15, 0.2) is 0 Å². The number of amides is 3. The van der Waals surface area contributed by atoms with E-state index in [1.165, 1.54) is 9.80 Å². The number of anilines is 1. The Bertz CT molecular complexity index is 1670. The summed E-state index contributed by atoms with van der Waals surface area (Å²) in [4.78, 5) is 61.8. The number of likely N-dealkylation sites (tertiary alicyclic amines) is 1.